The average Bonchev–Trinajstić information content (AvgIpc) is 2.30. The molecule has 0 aromatic heterocycles. The van der Waals surface area contributed by atoms with Crippen molar-refractivity contribution in [3.05, 3.63) is 28.8 Å². The summed E-state index contributed by atoms with van der Waals surface area (Å²) in [4.78, 5) is 12.2. The number of halogens is 1. The van der Waals surface area contributed by atoms with Gasteiger partial charge in [0.15, 0.2) is 0 Å². The predicted molar refractivity (Wildman–Crippen MR) is 78.3 cm³/mol. The van der Waals surface area contributed by atoms with E-state index < -0.39 is 0 Å². The number of aliphatic hydroxyl groups is 1. The van der Waals surface area contributed by atoms with Gasteiger partial charge in [0, 0.05) is 18.3 Å². The summed E-state index contributed by atoms with van der Waals surface area (Å²) in [5, 5.41) is 12.4. The van der Waals surface area contributed by atoms with Crippen LogP contribution in [-0.4, -0.2) is 23.7 Å². The Balaban J connectivity index is 2.91. The summed E-state index contributed by atoms with van der Waals surface area (Å²) in [5.74, 6) is -0.273. The Labute approximate surface area is 118 Å². The number of benzene rings is 1. The molecule has 1 atom stereocenters. The molecule has 1 aromatic carbocycles. The number of nitrogens with one attached hydrogen (secondary N) is 1. The minimum Gasteiger partial charge on any atom is -0.399 e. The summed E-state index contributed by atoms with van der Waals surface area (Å²) < 4.78 is 0. The first-order valence-corrected chi connectivity index (χ1v) is 6.60. The maximum atomic E-state index is 12.2. The lowest BCUT2D eigenvalue weighted by molar-refractivity contribution is 0.0885. The van der Waals surface area contributed by atoms with Crippen molar-refractivity contribution in [2.45, 2.75) is 33.2 Å². The van der Waals surface area contributed by atoms with Crippen LogP contribution in [0.3, 0.4) is 0 Å². The van der Waals surface area contributed by atoms with Crippen LogP contribution in [0.25, 0.3) is 0 Å². The van der Waals surface area contributed by atoms with E-state index in [9.17, 15) is 4.79 Å². The number of carbonyl (C=O) groups excluding carboxylic acids is 1. The van der Waals surface area contributed by atoms with Gasteiger partial charge >= 0.3 is 0 Å². The zero-order valence-corrected chi connectivity index (χ0v) is 12.3. The van der Waals surface area contributed by atoms with Gasteiger partial charge < -0.3 is 16.2 Å². The first-order chi connectivity index (χ1) is 8.75. The van der Waals surface area contributed by atoms with E-state index >= 15 is 0 Å². The lowest BCUT2D eigenvalue weighted by Gasteiger charge is -2.31. The average molecular weight is 285 g/mol. The smallest absolute Gasteiger partial charge is 0.253 e. The van der Waals surface area contributed by atoms with Crippen molar-refractivity contribution in [3.8, 4) is 0 Å². The summed E-state index contributed by atoms with van der Waals surface area (Å²) in [5.41, 5.74) is 6.36. The van der Waals surface area contributed by atoms with E-state index in [0.717, 1.165) is 0 Å². The third-order valence-electron chi connectivity index (χ3n) is 3.00. The molecule has 0 heterocycles. The molecule has 5 heteroatoms. The van der Waals surface area contributed by atoms with Gasteiger partial charge in [-0.15, -0.1) is 0 Å². The SMILES string of the molecule is CC(C)(C)C(CCO)NC(=O)c1cc(N)ccc1Cl. The molecular formula is C14H21ClN2O2. The fraction of sp³-hybridized carbons (Fsp3) is 0.500. The van der Waals surface area contributed by atoms with Crippen LogP contribution in [0, 0.1) is 5.41 Å². The zero-order valence-electron chi connectivity index (χ0n) is 11.5. The van der Waals surface area contributed by atoms with E-state index in [0.29, 0.717) is 22.7 Å². The monoisotopic (exact) mass is 284 g/mol. The molecule has 0 aliphatic heterocycles. The van der Waals surface area contributed by atoms with Crippen molar-refractivity contribution in [3.63, 3.8) is 0 Å². The molecule has 0 spiro atoms. The van der Waals surface area contributed by atoms with Crippen LogP contribution in [0.15, 0.2) is 18.2 Å². The highest BCUT2D eigenvalue weighted by Crippen LogP contribution is 2.24. The molecule has 0 aliphatic rings. The molecule has 4 N–H and O–H groups in total. The van der Waals surface area contributed by atoms with Crippen molar-refractivity contribution in [1.82, 2.24) is 5.32 Å². The molecule has 4 nitrogen and oxygen atoms in total. The van der Waals surface area contributed by atoms with Gasteiger partial charge in [-0.3, -0.25) is 4.79 Å². The quantitative estimate of drug-likeness (QED) is 0.744. The van der Waals surface area contributed by atoms with Gasteiger partial charge in [0.1, 0.15) is 0 Å². The largest absolute Gasteiger partial charge is 0.399 e. The summed E-state index contributed by atoms with van der Waals surface area (Å²) in [6, 6.07) is 4.66. The lowest BCUT2D eigenvalue weighted by atomic mass is 9.84. The van der Waals surface area contributed by atoms with E-state index in [2.05, 4.69) is 5.32 Å². The molecule has 19 heavy (non-hydrogen) atoms. The molecule has 0 saturated heterocycles. The number of nitrogens with two attached hydrogens (primary N) is 1. The van der Waals surface area contributed by atoms with Gasteiger partial charge in [-0.25, -0.2) is 0 Å². The fourth-order valence-electron chi connectivity index (χ4n) is 1.80. The number of carbonyl (C=O) groups is 1. The van der Waals surface area contributed by atoms with E-state index in [-0.39, 0.29) is 24.0 Å². The summed E-state index contributed by atoms with van der Waals surface area (Å²) >= 11 is 6.00. The minimum absolute atomic E-state index is 0.0207. The Kier molecular flexibility index (Phi) is 5.20. The summed E-state index contributed by atoms with van der Waals surface area (Å²) in [6.07, 6.45) is 0.495. The van der Waals surface area contributed by atoms with Gasteiger partial charge in [0.05, 0.1) is 10.6 Å². The van der Waals surface area contributed by atoms with E-state index in [1.807, 2.05) is 20.8 Å². The minimum atomic E-state index is -0.273. The second-order valence-electron chi connectivity index (χ2n) is 5.64. The molecule has 106 valence electrons. The second-order valence-corrected chi connectivity index (χ2v) is 6.05. The number of hydrogen-bond acceptors (Lipinski definition) is 3. The second kappa shape index (κ2) is 6.26. The maximum Gasteiger partial charge on any atom is 0.253 e. The van der Waals surface area contributed by atoms with Crippen LogP contribution in [-0.2, 0) is 0 Å². The van der Waals surface area contributed by atoms with Gasteiger partial charge in [0.2, 0.25) is 0 Å². The number of anilines is 1. The first kappa shape index (κ1) is 15.8. The van der Waals surface area contributed by atoms with Crippen molar-refractivity contribution >= 4 is 23.2 Å². The Morgan fingerprint density at radius 1 is 1.47 bits per heavy atom. The van der Waals surface area contributed by atoms with Gasteiger partial charge in [-0.05, 0) is 30.0 Å². The number of nitrogen functional groups attached to an aromatic ring is 1. The van der Waals surface area contributed by atoms with Crippen LogP contribution in [0.2, 0.25) is 5.02 Å². The third-order valence-corrected chi connectivity index (χ3v) is 3.33. The van der Waals surface area contributed by atoms with Crippen molar-refractivity contribution in [2.24, 2.45) is 5.41 Å². The summed E-state index contributed by atoms with van der Waals surface area (Å²) in [6.45, 7) is 6.05. The van der Waals surface area contributed by atoms with Crippen molar-refractivity contribution in [1.29, 1.82) is 0 Å². The third kappa shape index (κ3) is 4.40. The van der Waals surface area contributed by atoms with Gasteiger partial charge in [0.25, 0.3) is 5.91 Å². The molecule has 1 aromatic rings. The molecule has 0 saturated carbocycles. The molecule has 0 bridgehead atoms. The molecule has 1 amide bonds. The first-order valence-electron chi connectivity index (χ1n) is 6.22. The molecular weight excluding hydrogens is 264 g/mol. The van der Waals surface area contributed by atoms with Crippen LogP contribution < -0.4 is 11.1 Å². The van der Waals surface area contributed by atoms with Crippen LogP contribution in [0.5, 0.6) is 0 Å². The molecule has 0 radical (unpaired) electrons. The molecule has 1 rings (SSSR count). The number of hydrogen-bond donors (Lipinski definition) is 3. The van der Waals surface area contributed by atoms with E-state index in [4.69, 9.17) is 22.4 Å². The zero-order chi connectivity index (χ0) is 14.6. The Hall–Kier alpha value is -1.26. The number of rotatable bonds is 4. The molecule has 1 unspecified atom stereocenters. The van der Waals surface area contributed by atoms with Crippen LogP contribution >= 0.6 is 11.6 Å². The highest BCUT2D eigenvalue weighted by Gasteiger charge is 2.26. The van der Waals surface area contributed by atoms with Crippen molar-refractivity contribution in [2.75, 3.05) is 12.3 Å². The topological polar surface area (TPSA) is 75.3 Å². The van der Waals surface area contributed by atoms with Crippen LogP contribution in [0.1, 0.15) is 37.6 Å². The Bertz CT molecular complexity index is 455. The standard InChI is InChI=1S/C14H21ClN2O2/c1-14(2,3)12(6-7-18)17-13(19)10-8-9(16)4-5-11(10)15/h4-5,8,12,18H,6-7,16H2,1-3H3,(H,17,19). The van der Waals surface area contributed by atoms with Gasteiger partial charge in [-0.1, -0.05) is 32.4 Å². The Morgan fingerprint density at radius 3 is 2.63 bits per heavy atom. The van der Waals surface area contributed by atoms with Crippen molar-refractivity contribution < 1.29 is 9.90 Å². The highest BCUT2D eigenvalue weighted by molar-refractivity contribution is 6.34. The maximum absolute atomic E-state index is 12.2. The predicted octanol–water partition coefficient (Wildman–Crippen LogP) is 2.45. The lowest BCUT2D eigenvalue weighted by Crippen LogP contribution is -2.44. The molecule has 0 aliphatic carbocycles. The highest BCUT2D eigenvalue weighted by atomic mass is 35.5. The summed E-state index contributed by atoms with van der Waals surface area (Å²) in [7, 11) is 0. The van der Waals surface area contributed by atoms with Gasteiger partial charge in [-0.2, -0.15) is 0 Å². The van der Waals surface area contributed by atoms with E-state index in [1.54, 1.807) is 18.2 Å². The fourth-order valence-corrected chi connectivity index (χ4v) is 2.01. The molecule has 0 fully saturated rings. The normalized spacial score (nSPS) is 13.1. The number of amides is 1. The van der Waals surface area contributed by atoms with Crippen LogP contribution in [0.4, 0.5) is 5.69 Å². The Morgan fingerprint density at radius 2 is 2.11 bits per heavy atom. The van der Waals surface area contributed by atoms with E-state index in [1.165, 1.54) is 0 Å². The number of aliphatic hydroxyl groups excluding tert-OH is 1.